The number of rotatable bonds is 10. The summed E-state index contributed by atoms with van der Waals surface area (Å²) in [5.41, 5.74) is 4.67. The standard InChI is InChI=1S/C23H34N2O.C12H20O2.C11H16N2/c1-19-9-7-8-12-21(19)25-17-15-24(16-18-25)14-13-23(2,3)22(26)20-10-5-4-6-11-20;1-12(2,8-9-13)11(14)10-6-4-3-5-7-10;1-10-4-2-3-5-11(10)13-8-6-12-7-9-13/h7-9,12-14,20H,4-6,10-11,15-18H2,1-3H3;9-10H,3-8H2,1-2H3;2-5,12H,6-9H2,1H3/b14-13+;;. The Balaban J connectivity index is 0.000000196. The highest BCUT2D eigenvalue weighted by Crippen LogP contribution is 2.34. The van der Waals surface area contributed by atoms with E-state index in [9.17, 15) is 14.4 Å². The summed E-state index contributed by atoms with van der Waals surface area (Å²) in [5, 5.41) is 3.36. The van der Waals surface area contributed by atoms with Gasteiger partial charge in [-0.2, -0.15) is 0 Å². The van der Waals surface area contributed by atoms with Crippen LogP contribution in [0.1, 0.15) is 109 Å². The Labute approximate surface area is 322 Å². The van der Waals surface area contributed by atoms with Gasteiger partial charge in [0.1, 0.15) is 17.9 Å². The number of piperazine rings is 2. The maximum absolute atomic E-state index is 12.9. The van der Waals surface area contributed by atoms with Gasteiger partial charge in [-0.15, -0.1) is 0 Å². The molecule has 1 N–H and O–H groups in total. The van der Waals surface area contributed by atoms with Crippen molar-refractivity contribution in [2.75, 3.05) is 62.2 Å². The Morgan fingerprint density at radius 1 is 0.660 bits per heavy atom. The van der Waals surface area contributed by atoms with E-state index in [4.69, 9.17) is 0 Å². The molecule has 2 aromatic carbocycles. The molecule has 4 fully saturated rings. The quantitative estimate of drug-likeness (QED) is 0.245. The molecular formula is C46H70N4O3. The summed E-state index contributed by atoms with van der Waals surface area (Å²) in [6, 6.07) is 17.2. The second-order valence-electron chi connectivity index (χ2n) is 17.0. The van der Waals surface area contributed by atoms with E-state index in [1.54, 1.807) is 0 Å². The fourth-order valence-corrected chi connectivity index (χ4v) is 8.35. The highest BCUT2D eigenvalue weighted by Gasteiger charge is 2.34. The predicted octanol–water partition coefficient (Wildman–Crippen LogP) is 8.96. The van der Waals surface area contributed by atoms with Crippen LogP contribution in [-0.2, 0) is 14.4 Å². The SMILES string of the molecule is CC(C)(CC=O)C(=O)C1CCCCC1.Cc1ccccc1N1CCN(/C=C/C(C)(C)C(=O)C2CCCCC2)CC1.Cc1ccccc1N1CCNCC1. The Morgan fingerprint density at radius 3 is 1.58 bits per heavy atom. The van der Waals surface area contributed by atoms with Crippen molar-refractivity contribution in [3.63, 3.8) is 0 Å². The summed E-state index contributed by atoms with van der Waals surface area (Å²) in [6.45, 7) is 20.9. The molecular weight excluding hydrogens is 657 g/mol. The number of ketones is 2. The number of carbonyl (C=O) groups is 3. The minimum absolute atomic E-state index is 0.221. The van der Waals surface area contributed by atoms with Gasteiger partial charge in [-0.05, 0) is 82.8 Å². The average Bonchev–Trinajstić information content (AvgIpc) is 3.19. The molecule has 2 heterocycles. The summed E-state index contributed by atoms with van der Waals surface area (Å²) in [7, 11) is 0. The first kappa shape index (κ1) is 42.3. The van der Waals surface area contributed by atoms with Crippen LogP contribution in [0.15, 0.2) is 60.8 Å². The number of carbonyl (C=O) groups excluding carboxylic acids is 3. The van der Waals surface area contributed by atoms with E-state index in [-0.39, 0.29) is 17.3 Å². The van der Waals surface area contributed by atoms with Crippen LogP contribution in [0.25, 0.3) is 0 Å². The fraction of sp³-hybridized carbons (Fsp3) is 0.630. The van der Waals surface area contributed by atoms with Crippen molar-refractivity contribution in [1.29, 1.82) is 0 Å². The zero-order valence-corrected chi connectivity index (χ0v) is 34.0. The fourth-order valence-electron chi connectivity index (χ4n) is 8.35. The second-order valence-corrected chi connectivity index (χ2v) is 17.0. The van der Waals surface area contributed by atoms with Gasteiger partial charge in [0.05, 0.1) is 0 Å². The van der Waals surface area contributed by atoms with E-state index in [2.05, 4.69) is 109 Å². The van der Waals surface area contributed by atoms with E-state index >= 15 is 0 Å². The number of benzene rings is 2. The first-order valence-electron chi connectivity index (χ1n) is 20.7. The zero-order valence-electron chi connectivity index (χ0n) is 34.0. The molecule has 0 aromatic heterocycles. The lowest BCUT2D eigenvalue weighted by Gasteiger charge is -2.37. The third-order valence-corrected chi connectivity index (χ3v) is 11.9. The minimum Gasteiger partial charge on any atom is -0.374 e. The number of nitrogens with one attached hydrogen (secondary N) is 1. The molecule has 292 valence electrons. The Hall–Kier alpha value is -3.45. The van der Waals surface area contributed by atoms with Crippen molar-refractivity contribution in [1.82, 2.24) is 10.2 Å². The molecule has 0 bridgehead atoms. The Morgan fingerprint density at radius 2 is 1.11 bits per heavy atom. The Kier molecular flexibility index (Phi) is 16.6. The van der Waals surface area contributed by atoms with Gasteiger partial charge in [0.15, 0.2) is 0 Å². The molecule has 0 amide bonds. The van der Waals surface area contributed by atoms with Gasteiger partial charge in [-0.1, -0.05) is 94.8 Å². The van der Waals surface area contributed by atoms with Gasteiger partial charge in [-0.25, -0.2) is 0 Å². The van der Waals surface area contributed by atoms with Gasteiger partial charge in [0.25, 0.3) is 0 Å². The topological polar surface area (TPSA) is 73.0 Å². The summed E-state index contributed by atoms with van der Waals surface area (Å²) in [4.78, 5) is 42.7. The van der Waals surface area contributed by atoms with Gasteiger partial charge >= 0.3 is 0 Å². The number of allylic oxidation sites excluding steroid dienone is 1. The number of para-hydroxylation sites is 2. The van der Waals surface area contributed by atoms with Gasteiger partial charge in [0.2, 0.25) is 0 Å². The van der Waals surface area contributed by atoms with E-state index < -0.39 is 5.41 Å². The van der Waals surface area contributed by atoms with Crippen LogP contribution < -0.4 is 15.1 Å². The third kappa shape index (κ3) is 12.8. The molecule has 2 saturated heterocycles. The maximum Gasteiger partial charge on any atom is 0.145 e. The van der Waals surface area contributed by atoms with Crippen LogP contribution in [0.3, 0.4) is 0 Å². The molecule has 0 unspecified atom stereocenters. The number of nitrogens with zero attached hydrogens (tertiary/aromatic N) is 3. The van der Waals surface area contributed by atoms with Crippen LogP contribution in [0.2, 0.25) is 0 Å². The number of aldehydes is 1. The lowest BCUT2D eigenvalue weighted by Crippen LogP contribution is -2.44. The van der Waals surface area contributed by atoms with Crippen molar-refractivity contribution in [3.05, 3.63) is 71.9 Å². The first-order chi connectivity index (χ1) is 25.4. The Bertz CT molecular complexity index is 1460. The smallest absolute Gasteiger partial charge is 0.145 e. The van der Waals surface area contributed by atoms with Gasteiger partial charge < -0.3 is 24.8 Å². The summed E-state index contributed by atoms with van der Waals surface area (Å²) >= 11 is 0. The monoisotopic (exact) mass is 727 g/mol. The lowest BCUT2D eigenvalue weighted by atomic mass is 9.74. The molecule has 0 atom stereocenters. The maximum atomic E-state index is 12.9. The van der Waals surface area contributed by atoms with Crippen molar-refractivity contribution in [3.8, 4) is 0 Å². The molecule has 6 rings (SSSR count). The predicted molar refractivity (Wildman–Crippen MR) is 222 cm³/mol. The molecule has 2 aromatic rings. The number of Topliss-reactive ketones (excluding diaryl/α,β-unsaturated/α-hetero) is 2. The summed E-state index contributed by atoms with van der Waals surface area (Å²) in [5.74, 6) is 1.23. The third-order valence-electron chi connectivity index (χ3n) is 11.9. The van der Waals surface area contributed by atoms with Crippen molar-refractivity contribution < 1.29 is 14.4 Å². The molecule has 7 nitrogen and oxygen atoms in total. The zero-order chi connectivity index (χ0) is 38.3. The lowest BCUT2D eigenvalue weighted by molar-refractivity contribution is -0.134. The van der Waals surface area contributed by atoms with Crippen LogP contribution in [0.5, 0.6) is 0 Å². The molecule has 2 saturated carbocycles. The van der Waals surface area contributed by atoms with Crippen molar-refractivity contribution in [2.24, 2.45) is 22.7 Å². The van der Waals surface area contributed by atoms with Crippen LogP contribution >= 0.6 is 0 Å². The summed E-state index contributed by atoms with van der Waals surface area (Å²) < 4.78 is 0. The van der Waals surface area contributed by atoms with E-state index in [0.29, 0.717) is 18.0 Å². The molecule has 0 radical (unpaired) electrons. The molecule has 7 heteroatoms. The van der Waals surface area contributed by atoms with Crippen molar-refractivity contribution in [2.45, 2.75) is 112 Å². The second kappa shape index (κ2) is 20.9. The number of aryl methyl sites for hydroxylation is 2. The summed E-state index contributed by atoms with van der Waals surface area (Å²) in [6.07, 6.45) is 17.1. The van der Waals surface area contributed by atoms with Crippen LogP contribution in [0.4, 0.5) is 11.4 Å². The average molecular weight is 727 g/mol. The molecule has 2 aliphatic carbocycles. The largest absolute Gasteiger partial charge is 0.374 e. The first-order valence-corrected chi connectivity index (χ1v) is 20.7. The van der Waals surface area contributed by atoms with E-state index in [1.807, 2.05) is 13.8 Å². The number of hydrogen-bond donors (Lipinski definition) is 1. The van der Waals surface area contributed by atoms with E-state index in [1.165, 1.54) is 61.0 Å². The molecule has 4 aliphatic rings. The minimum atomic E-state index is -0.441. The van der Waals surface area contributed by atoms with Gasteiger partial charge in [0, 0.05) is 92.8 Å². The van der Waals surface area contributed by atoms with Crippen molar-refractivity contribution >= 4 is 29.2 Å². The number of anilines is 2. The highest BCUT2D eigenvalue weighted by atomic mass is 16.1. The van der Waals surface area contributed by atoms with Gasteiger partial charge in [-0.3, -0.25) is 9.59 Å². The number of hydrogen-bond acceptors (Lipinski definition) is 7. The van der Waals surface area contributed by atoms with Crippen LogP contribution in [0, 0.1) is 36.5 Å². The normalized spacial score (nSPS) is 19.2. The molecule has 53 heavy (non-hydrogen) atoms. The van der Waals surface area contributed by atoms with Crippen LogP contribution in [-0.4, -0.2) is 75.1 Å². The van der Waals surface area contributed by atoms with E-state index in [0.717, 1.165) is 84.3 Å². The molecule has 2 aliphatic heterocycles. The highest BCUT2D eigenvalue weighted by molar-refractivity contribution is 5.88. The molecule has 0 spiro atoms.